The molecule has 0 spiro atoms. The van der Waals surface area contributed by atoms with Gasteiger partial charge in [-0.2, -0.15) is 4.98 Å². The minimum Gasteiger partial charge on any atom is -0.343 e. The molecule has 2 aromatic heterocycles. The quantitative estimate of drug-likeness (QED) is 0.696. The van der Waals surface area contributed by atoms with Gasteiger partial charge in [0, 0.05) is 23.0 Å². The van der Waals surface area contributed by atoms with Crippen molar-refractivity contribution in [2.45, 2.75) is 25.8 Å². The maximum atomic E-state index is 13.7. The maximum absolute atomic E-state index is 13.7. The molecule has 2 N–H and O–H groups in total. The summed E-state index contributed by atoms with van der Waals surface area (Å²) in [6.07, 6.45) is 8.18. The molecule has 1 aliphatic carbocycles. The van der Waals surface area contributed by atoms with E-state index in [1.807, 2.05) is 50.3 Å². The van der Waals surface area contributed by atoms with E-state index in [1.165, 1.54) is 12.1 Å². The van der Waals surface area contributed by atoms with Gasteiger partial charge in [0.15, 0.2) is 5.65 Å². The molecule has 6 nitrogen and oxygen atoms in total. The van der Waals surface area contributed by atoms with E-state index in [4.69, 9.17) is 0 Å². The van der Waals surface area contributed by atoms with Gasteiger partial charge in [-0.05, 0) is 67.8 Å². The fraction of sp³-hybridized carbons (Fsp3) is 0.174. The summed E-state index contributed by atoms with van der Waals surface area (Å²) in [5, 5.41) is 10.7. The summed E-state index contributed by atoms with van der Waals surface area (Å²) >= 11 is 0. The summed E-state index contributed by atoms with van der Waals surface area (Å²) in [6, 6.07) is 10.2. The molecule has 5 rings (SSSR count). The first-order chi connectivity index (χ1) is 14.4. The number of aromatic nitrogens is 3. The number of nitrogens with zero attached hydrogens (tertiary/aromatic N) is 3. The molecular formula is C23H20FN5O. The Hall–Kier alpha value is -3.74. The number of anilines is 1. The van der Waals surface area contributed by atoms with Crippen LogP contribution in [0.2, 0.25) is 0 Å². The molecule has 0 fully saturated rings. The minimum atomic E-state index is -0.357. The molecule has 0 unspecified atom stereocenters. The van der Waals surface area contributed by atoms with Crippen molar-refractivity contribution in [1.29, 1.82) is 0 Å². The van der Waals surface area contributed by atoms with Crippen molar-refractivity contribution < 1.29 is 9.18 Å². The van der Waals surface area contributed by atoms with E-state index in [9.17, 15) is 9.18 Å². The Bertz CT molecular complexity index is 1280. The Labute approximate surface area is 172 Å². The molecule has 0 saturated heterocycles. The summed E-state index contributed by atoms with van der Waals surface area (Å²) in [5.74, 6) is 0.0839. The highest BCUT2D eigenvalue weighted by Gasteiger charge is 2.36. The van der Waals surface area contributed by atoms with Crippen LogP contribution in [0.4, 0.5) is 10.3 Å². The van der Waals surface area contributed by atoms with Gasteiger partial charge in [0.25, 0.3) is 5.91 Å². The second kappa shape index (κ2) is 6.66. The number of allylic oxidation sites excluding steroid dienone is 2. The molecule has 7 heteroatoms. The van der Waals surface area contributed by atoms with Gasteiger partial charge in [0.1, 0.15) is 5.82 Å². The molecule has 0 radical (unpaired) electrons. The highest BCUT2D eigenvalue weighted by atomic mass is 19.1. The van der Waals surface area contributed by atoms with Crippen LogP contribution in [0.3, 0.4) is 0 Å². The fourth-order valence-electron chi connectivity index (χ4n) is 3.96. The largest absolute Gasteiger partial charge is 0.343 e. The zero-order chi connectivity index (χ0) is 20.9. The summed E-state index contributed by atoms with van der Waals surface area (Å²) in [6.45, 7) is 4.01. The predicted molar refractivity (Wildman–Crippen MR) is 113 cm³/mol. The van der Waals surface area contributed by atoms with Gasteiger partial charge in [0.05, 0.1) is 5.54 Å². The van der Waals surface area contributed by atoms with Crippen molar-refractivity contribution in [2.75, 3.05) is 5.32 Å². The van der Waals surface area contributed by atoms with Crippen molar-refractivity contribution in [3.05, 3.63) is 83.5 Å². The Morgan fingerprint density at radius 3 is 2.90 bits per heavy atom. The van der Waals surface area contributed by atoms with Gasteiger partial charge in [-0.3, -0.25) is 4.79 Å². The first-order valence-electron chi connectivity index (χ1n) is 9.73. The van der Waals surface area contributed by atoms with Crippen LogP contribution >= 0.6 is 0 Å². The highest BCUT2D eigenvalue weighted by molar-refractivity contribution is 6.01. The van der Waals surface area contributed by atoms with Gasteiger partial charge in [-0.15, -0.1) is 5.10 Å². The topological polar surface area (TPSA) is 71.3 Å². The lowest BCUT2D eigenvalue weighted by molar-refractivity contribution is -0.117. The van der Waals surface area contributed by atoms with Gasteiger partial charge in [-0.25, -0.2) is 8.91 Å². The number of halogens is 1. The smallest absolute Gasteiger partial charge is 0.252 e. The Morgan fingerprint density at radius 1 is 1.20 bits per heavy atom. The Balaban J connectivity index is 1.45. The van der Waals surface area contributed by atoms with Gasteiger partial charge in [0.2, 0.25) is 5.95 Å². The number of nitrogens with one attached hydrogen (secondary N) is 2. The molecule has 1 amide bonds. The highest BCUT2D eigenvalue weighted by Crippen LogP contribution is 2.33. The normalized spacial score (nSPS) is 17.6. The molecule has 0 bridgehead atoms. The molecule has 30 heavy (non-hydrogen) atoms. The van der Waals surface area contributed by atoms with Crippen molar-refractivity contribution in [2.24, 2.45) is 0 Å². The molecule has 3 aromatic rings. The van der Waals surface area contributed by atoms with Crippen LogP contribution in [-0.4, -0.2) is 26.0 Å². The molecule has 1 aromatic carbocycles. The number of carbonyl (C=O) groups excluding carboxylic acids is 1. The first-order valence-corrected chi connectivity index (χ1v) is 9.73. The van der Waals surface area contributed by atoms with Crippen LogP contribution in [0.5, 0.6) is 0 Å². The first kappa shape index (κ1) is 18.3. The molecular weight excluding hydrogens is 381 g/mol. The van der Waals surface area contributed by atoms with E-state index in [1.54, 1.807) is 16.8 Å². The lowest BCUT2D eigenvalue weighted by Gasteiger charge is -2.22. The molecule has 0 atom stereocenters. The SMILES string of the molecule is CC1(C)NC(=O)C2=C1CC=C(Nc1nc3c(-c4cccc(F)c4)cccn3n1)C=C2. The number of rotatable bonds is 3. The number of fused-ring (bicyclic) bond motifs is 1. The van der Waals surface area contributed by atoms with Gasteiger partial charge in [-0.1, -0.05) is 18.2 Å². The molecule has 2 aliphatic rings. The Morgan fingerprint density at radius 2 is 2.07 bits per heavy atom. The van der Waals surface area contributed by atoms with Crippen LogP contribution in [0.1, 0.15) is 20.3 Å². The van der Waals surface area contributed by atoms with Crippen molar-refractivity contribution in [1.82, 2.24) is 19.9 Å². The standard InChI is InChI=1S/C23H20FN5O/c1-23(2)19-11-9-16(8-10-18(19)21(30)27-23)25-22-26-20-17(7-4-12-29(20)28-22)14-5-3-6-15(24)13-14/h3-10,12-13H,11H2,1-2H3,(H,25,28)(H,27,30). The second-order valence-electron chi connectivity index (χ2n) is 7.93. The number of hydrogen-bond acceptors (Lipinski definition) is 4. The number of carbonyl (C=O) groups is 1. The van der Waals surface area contributed by atoms with E-state index in [2.05, 4.69) is 20.7 Å². The predicted octanol–water partition coefficient (Wildman–Crippen LogP) is 4.00. The van der Waals surface area contributed by atoms with E-state index in [-0.39, 0.29) is 17.3 Å². The van der Waals surface area contributed by atoms with E-state index < -0.39 is 0 Å². The molecule has 0 saturated carbocycles. The summed E-state index contributed by atoms with van der Waals surface area (Å²) in [5.41, 5.74) is 4.40. The minimum absolute atomic E-state index is 0.0495. The number of hydrogen-bond donors (Lipinski definition) is 2. The van der Waals surface area contributed by atoms with Crippen molar-refractivity contribution in [3.63, 3.8) is 0 Å². The summed E-state index contributed by atoms with van der Waals surface area (Å²) in [4.78, 5) is 16.8. The number of benzene rings is 1. The molecule has 1 aliphatic heterocycles. The third-order valence-corrected chi connectivity index (χ3v) is 5.46. The summed E-state index contributed by atoms with van der Waals surface area (Å²) < 4.78 is 15.3. The van der Waals surface area contributed by atoms with Crippen molar-refractivity contribution in [3.8, 4) is 11.1 Å². The average molecular weight is 401 g/mol. The van der Waals surface area contributed by atoms with Gasteiger partial charge < -0.3 is 10.6 Å². The van der Waals surface area contributed by atoms with E-state index in [0.29, 0.717) is 23.6 Å². The average Bonchev–Trinajstić information content (AvgIpc) is 3.10. The zero-order valence-corrected chi connectivity index (χ0v) is 16.6. The lowest BCUT2D eigenvalue weighted by Crippen LogP contribution is -2.38. The van der Waals surface area contributed by atoms with E-state index in [0.717, 1.165) is 22.4 Å². The third kappa shape index (κ3) is 3.08. The number of amides is 1. The fourth-order valence-corrected chi connectivity index (χ4v) is 3.96. The van der Waals surface area contributed by atoms with Crippen molar-refractivity contribution >= 4 is 17.5 Å². The monoisotopic (exact) mass is 401 g/mol. The number of pyridine rings is 1. The van der Waals surface area contributed by atoms with Crippen LogP contribution in [0.15, 0.2) is 77.7 Å². The molecule has 3 heterocycles. The summed E-state index contributed by atoms with van der Waals surface area (Å²) in [7, 11) is 0. The van der Waals surface area contributed by atoms with Crippen LogP contribution in [0, 0.1) is 5.82 Å². The van der Waals surface area contributed by atoms with Gasteiger partial charge >= 0.3 is 0 Å². The zero-order valence-electron chi connectivity index (χ0n) is 16.6. The maximum Gasteiger partial charge on any atom is 0.252 e. The van der Waals surface area contributed by atoms with Crippen LogP contribution < -0.4 is 10.6 Å². The Kier molecular flexibility index (Phi) is 4.06. The molecule has 150 valence electrons. The third-order valence-electron chi connectivity index (χ3n) is 5.46. The second-order valence-corrected chi connectivity index (χ2v) is 7.93. The lowest BCUT2D eigenvalue weighted by atomic mass is 9.92. The van der Waals surface area contributed by atoms with E-state index >= 15 is 0 Å². The van der Waals surface area contributed by atoms with Crippen LogP contribution in [0.25, 0.3) is 16.8 Å². The van der Waals surface area contributed by atoms with Crippen LogP contribution in [-0.2, 0) is 4.79 Å².